The van der Waals surface area contributed by atoms with Crippen molar-refractivity contribution in [2.45, 2.75) is 13.5 Å². The summed E-state index contributed by atoms with van der Waals surface area (Å²) >= 11 is 6.75. The highest BCUT2D eigenvalue weighted by molar-refractivity contribution is 6.52. The molecule has 0 unspecified atom stereocenters. The van der Waals surface area contributed by atoms with Crippen LogP contribution in [0.1, 0.15) is 12.5 Å². The van der Waals surface area contributed by atoms with E-state index in [1.54, 1.807) is 18.5 Å². The average Bonchev–Trinajstić information content (AvgIpc) is 3.46. The number of nitrogen functional groups attached to an aromatic ring is 1. The zero-order valence-electron chi connectivity index (χ0n) is 17.8. The van der Waals surface area contributed by atoms with Crippen LogP contribution in [0.25, 0.3) is 22.1 Å². The molecule has 9 heteroatoms. The van der Waals surface area contributed by atoms with E-state index in [-0.39, 0.29) is 0 Å². The molecule has 0 spiro atoms. The number of hydrogen-bond acceptors (Lipinski definition) is 6. The van der Waals surface area contributed by atoms with Crippen molar-refractivity contribution in [2.75, 3.05) is 45.0 Å². The van der Waals surface area contributed by atoms with E-state index in [1.165, 1.54) is 4.68 Å². The minimum Gasteiger partial charge on any atom is -0.383 e. The maximum atomic E-state index is 6.75. The van der Waals surface area contributed by atoms with Gasteiger partial charge < -0.3 is 16.4 Å². The molecule has 3 aromatic rings. The van der Waals surface area contributed by atoms with Gasteiger partial charge in [-0.15, -0.1) is 0 Å². The van der Waals surface area contributed by atoms with Crippen LogP contribution in [0.2, 0.25) is 0 Å². The van der Waals surface area contributed by atoms with Gasteiger partial charge in [-0.05, 0) is 12.6 Å². The Kier molecular flexibility index (Phi) is 6.60. The lowest BCUT2D eigenvalue weighted by molar-refractivity contribution is 0.133. The van der Waals surface area contributed by atoms with E-state index in [9.17, 15) is 0 Å². The van der Waals surface area contributed by atoms with Crippen molar-refractivity contribution >= 4 is 28.3 Å². The number of nitrogens with zero attached hydrogens (tertiary/aromatic N) is 6. The number of aromatic nitrogens is 4. The summed E-state index contributed by atoms with van der Waals surface area (Å²) in [7, 11) is 0. The summed E-state index contributed by atoms with van der Waals surface area (Å²) < 4.78 is 3.36. The molecule has 31 heavy (non-hydrogen) atoms. The Balaban J connectivity index is 1.64. The van der Waals surface area contributed by atoms with Gasteiger partial charge in [0.25, 0.3) is 0 Å². The number of anilines is 1. The van der Waals surface area contributed by atoms with Gasteiger partial charge in [0.15, 0.2) is 0 Å². The molecular weight excluding hydrogens is 412 g/mol. The Morgan fingerprint density at radius 2 is 1.74 bits per heavy atom. The molecule has 1 fully saturated rings. The fraction of sp³-hybridized carbons (Fsp3) is 0.364. The number of nitrogens with two attached hydrogens (primary N) is 2. The number of hydrogen-bond donors (Lipinski definition) is 2. The third-order valence-electron chi connectivity index (χ3n) is 5.77. The van der Waals surface area contributed by atoms with Crippen molar-refractivity contribution in [3.8, 4) is 11.3 Å². The molecule has 0 aliphatic carbocycles. The smallest absolute Gasteiger partial charge is 0.144 e. The average molecular weight is 441 g/mol. The fourth-order valence-corrected chi connectivity index (χ4v) is 4.14. The summed E-state index contributed by atoms with van der Waals surface area (Å²) in [5, 5.41) is 9.35. The number of likely N-dealkylation sites (N-methyl/N-ethyl adjacent to an activating group) is 1. The Labute approximate surface area is 187 Å². The number of halogens is 1. The third kappa shape index (κ3) is 4.61. The normalized spacial score (nSPS) is 16.5. The number of piperazine rings is 1. The molecule has 0 bridgehead atoms. The standard InChI is InChI=1S/C22H29ClN8/c1-2-28-11-13-29(14-12-28)15-16-31-21(24)18(19(23)22(25)30-10-6-9-26-30)20(27-31)17-7-4-3-5-8-17/h3-10H,2,11-16,24-25H2,1H3/b22-19-. The summed E-state index contributed by atoms with van der Waals surface area (Å²) in [5.74, 6) is 0.817. The maximum absolute atomic E-state index is 6.75. The molecule has 4 N–H and O–H groups in total. The van der Waals surface area contributed by atoms with E-state index < -0.39 is 0 Å². The minimum atomic E-state index is 0.311. The summed E-state index contributed by atoms with van der Waals surface area (Å²) in [4.78, 5) is 4.91. The fourth-order valence-electron chi connectivity index (χ4n) is 3.87. The lowest BCUT2D eigenvalue weighted by atomic mass is 10.1. The van der Waals surface area contributed by atoms with Crippen LogP contribution in [0.5, 0.6) is 0 Å². The van der Waals surface area contributed by atoms with Crippen LogP contribution < -0.4 is 11.5 Å². The van der Waals surface area contributed by atoms with Gasteiger partial charge in [0.05, 0.1) is 17.1 Å². The van der Waals surface area contributed by atoms with E-state index in [0.717, 1.165) is 44.8 Å². The molecule has 0 atom stereocenters. The number of benzene rings is 1. The van der Waals surface area contributed by atoms with Gasteiger partial charge in [-0.2, -0.15) is 10.2 Å². The highest BCUT2D eigenvalue weighted by Crippen LogP contribution is 2.36. The topological polar surface area (TPSA) is 94.2 Å². The van der Waals surface area contributed by atoms with E-state index in [1.807, 2.05) is 35.0 Å². The first-order chi connectivity index (χ1) is 15.1. The molecule has 8 nitrogen and oxygen atoms in total. The van der Waals surface area contributed by atoms with E-state index in [2.05, 4.69) is 21.8 Å². The second-order valence-corrected chi connectivity index (χ2v) is 8.00. The molecule has 164 valence electrons. The van der Waals surface area contributed by atoms with Crippen molar-refractivity contribution < 1.29 is 0 Å². The zero-order valence-corrected chi connectivity index (χ0v) is 18.5. The van der Waals surface area contributed by atoms with Crippen LogP contribution >= 0.6 is 11.6 Å². The molecule has 4 rings (SSSR count). The van der Waals surface area contributed by atoms with E-state index in [4.69, 9.17) is 28.2 Å². The Morgan fingerprint density at radius 1 is 1.03 bits per heavy atom. The largest absolute Gasteiger partial charge is 0.383 e. The first-order valence-electron chi connectivity index (χ1n) is 10.6. The van der Waals surface area contributed by atoms with Crippen molar-refractivity contribution in [2.24, 2.45) is 5.73 Å². The molecule has 0 amide bonds. The van der Waals surface area contributed by atoms with Crippen LogP contribution in [0.3, 0.4) is 0 Å². The van der Waals surface area contributed by atoms with Gasteiger partial charge in [-0.3, -0.25) is 4.90 Å². The predicted molar refractivity (Wildman–Crippen MR) is 126 cm³/mol. The quantitative estimate of drug-likeness (QED) is 0.586. The summed E-state index contributed by atoms with van der Waals surface area (Å²) in [6.45, 7) is 9.18. The van der Waals surface area contributed by atoms with Crippen molar-refractivity contribution in [1.29, 1.82) is 0 Å². The molecule has 1 aromatic carbocycles. The monoisotopic (exact) mass is 440 g/mol. The molecule has 0 saturated carbocycles. The lowest BCUT2D eigenvalue weighted by Crippen LogP contribution is -2.47. The second-order valence-electron chi connectivity index (χ2n) is 7.62. The number of rotatable bonds is 7. The molecule has 2 aromatic heterocycles. The predicted octanol–water partition coefficient (Wildman–Crippen LogP) is 2.45. The van der Waals surface area contributed by atoms with E-state index >= 15 is 0 Å². The van der Waals surface area contributed by atoms with Crippen molar-refractivity contribution in [3.63, 3.8) is 0 Å². The van der Waals surface area contributed by atoms with Gasteiger partial charge in [0.1, 0.15) is 17.3 Å². The van der Waals surface area contributed by atoms with Crippen LogP contribution in [-0.2, 0) is 6.54 Å². The van der Waals surface area contributed by atoms with E-state index in [0.29, 0.717) is 34.5 Å². The molecule has 1 aliphatic rings. The minimum absolute atomic E-state index is 0.311. The SMILES string of the molecule is CCN1CCN(CCn2nc(-c3ccccc3)c(/C(Cl)=C(\N)n3cccn3)c2N)CC1. The third-order valence-corrected chi connectivity index (χ3v) is 6.16. The molecule has 1 aliphatic heterocycles. The molecule has 1 saturated heterocycles. The first kappa shape index (κ1) is 21.4. The van der Waals surface area contributed by atoms with Crippen molar-refractivity contribution in [1.82, 2.24) is 29.4 Å². The van der Waals surface area contributed by atoms with Gasteiger partial charge in [0.2, 0.25) is 0 Å². The molecule has 3 heterocycles. The Bertz CT molecular complexity index is 1020. The second kappa shape index (κ2) is 9.55. The molecular formula is C22H29ClN8. The highest BCUT2D eigenvalue weighted by Gasteiger charge is 2.23. The summed E-state index contributed by atoms with van der Waals surface area (Å²) in [6, 6.07) is 11.7. The van der Waals surface area contributed by atoms with Gasteiger partial charge in [0, 0.05) is 50.7 Å². The Morgan fingerprint density at radius 3 is 2.39 bits per heavy atom. The van der Waals surface area contributed by atoms with Crippen LogP contribution in [-0.4, -0.2) is 68.6 Å². The van der Waals surface area contributed by atoms with Crippen LogP contribution in [0, 0.1) is 0 Å². The van der Waals surface area contributed by atoms with Gasteiger partial charge >= 0.3 is 0 Å². The van der Waals surface area contributed by atoms with Crippen LogP contribution in [0.4, 0.5) is 5.82 Å². The highest BCUT2D eigenvalue weighted by atomic mass is 35.5. The van der Waals surface area contributed by atoms with Gasteiger partial charge in [-0.1, -0.05) is 48.9 Å². The Hall–Kier alpha value is -2.81. The maximum Gasteiger partial charge on any atom is 0.144 e. The van der Waals surface area contributed by atoms with Gasteiger partial charge in [-0.25, -0.2) is 9.36 Å². The van der Waals surface area contributed by atoms with Crippen molar-refractivity contribution in [3.05, 3.63) is 54.4 Å². The lowest BCUT2D eigenvalue weighted by Gasteiger charge is -2.33. The first-order valence-corrected chi connectivity index (χ1v) is 11.0. The zero-order chi connectivity index (χ0) is 21.8. The summed E-state index contributed by atoms with van der Waals surface area (Å²) in [6.07, 6.45) is 3.40. The summed E-state index contributed by atoms with van der Waals surface area (Å²) in [5.41, 5.74) is 15.2. The van der Waals surface area contributed by atoms with Crippen LogP contribution in [0.15, 0.2) is 48.8 Å². The molecule has 0 radical (unpaired) electrons.